The smallest absolute Gasteiger partial charge is 0.340 e. The maximum Gasteiger partial charge on any atom is 0.340 e. The van der Waals surface area contributed by atoms with Gasteiger partial charge in [-0.1, -0.05) is 23.2 Å². The second kappa shape index (κ2) is 8.32. The Morgan fingerprint density at radius 3 is 2.75 bits per heavy atom. The number of esters is 1. The van der Waals surface area contributed by atoms with Gasteiger partial charge in [0.15, 0.2) is 6.61 Å². The molecule has 0 aliphatic rings. The summed E-state index contributed by atoms with van der Waals surface area (Å²) in [6.07, 6.45) is 2.61. The third-order valence-corrected chi connectivity index (χ3v) is 3.31. The molecule has 8 nitrogen and oxygen atoms in total. The van der Waals surface area contributed by atoms with E-state index in [1.807, 2.05) is 5.32 Å². The number of aromatic nitrogens is 1. The number of urea groups is 1. The SMILES string of the molecule is O=C(COC(=O)c1cnc(Cl)c(Cl)c1)NC(=O)NCc1ccco1. The molecule has 24 heavy (non-hydrogen) atoms. The molecular weight excluding hydrogens is 361 g/mol. The average Bonchev–Trinajstić information content (AvgIpc) is 3.06. The van der Waals surface area contributed by atoms with Crippen molar-refractivity contribution in [3.05, 3.63) is 52.2 Å². The van der Waals surface area contributed by atoms with Gasteiger partial charge in [0.1, 0.15) is 10.9 Å². The fourth-order valence-corrected chi connectivity index (χ4v) is 1.80. The molecular formula is C14H11Cl2N3O5. The van der Waals surface area contributed by atoms with Gasteiger partial charge >= 0.3 is 12.0 Å². The normalized spacial score (nSPS) is 10.1. The van der Waals surface area contributed by atoms with Crippen LogP contribution in [0.25, 0.3) is 0 Å². The summed E-state index contributed by atoms with van der Waals surface area (Å²) < 4.78 is 9.76. The first-order chi connectivity index (χ1) is 11.5. The average molecular weight is 372 g/mol. The van der Waals surface area contributed by atoms with E-state index >= 15 is 0 Å². The number of carbonyl (C=O) groups excluding carboxylic acids is 3. The quantitative estimate of drug-likeness (QED) is 0.615. The van der Waals surface area contributed by atoms with Crippen LogP contribution in [-0.2, 0) is 16.1 Å². The zero-order chi connectivity index (χ0) is 17.5. The van der Waals surface area contributed by atoms with E-state index in [4.69, 9.17) is 32.4 Å². The van der Waals surface area contributed by atoms with Gasteiger partial charge in [-0.2, -0.15) is 0 Å². The van der Waals surface area contributed by atoms with E-state index < -0.39 is 24.5 Å². The lowest BCUT2D eigenvalue weighted by molar-refractivity contribution is -0.123. The van der Waals surface area contributed by atoms with E-state index in [0.29, 0.717) is 5.76 Å². The van der Waals surface area contributed by atoms with Gasteiger partial charge < -0.3 is 14.5 Å². The third-order valence-electron chi connectivity index (χ3n) is 2.62. The Labute approximate surface area is 146 Å². The summed E-state index contributed by atoms with van der Waals surface area (Å²) in [6, 6.07) is 3.84. The molecule has 0 atom stereocenters. The highest BCUT2D eigenvalue weighted by atomic mass is 35.5. The molecule has 0 spiro atoms. The van der Waals surface area contributed by atoms with Gasteiger partial charge in [0, 0.05) is 6.20 Å². The fourth-order valence-electron chi connectivity index (χ4n) is 1.53. The Morgan fingerprint density at radius 1 is 1.29 bits per heavy atom. The molecule has 2 N–H and O–H groups in total. The number of hydrogen-bond donors (Lipinski definition) is 2. The summed E-state index contributed by atoms with van der Waals surface area (Å²) in [4.78, 5) is 38.4. The fraction of sp³-hybridized carbons (Fsp3) is 0.143. The molecule has 0 saturated heterocycles. The molecule has 2 rings (SSSR count). The van der Waals surface area contributed by atoms with E-state index in [1.165, 1.54) is 12.3 Å². The number of halogens is 2. The number of imide groups is 1. The number of ether oxygens (including phenoxy) is 1. The number of rotatable bonds is 5. The second-order valence-electron chi connectivity index (χ2n) is 4.38. The molecule has 2 aromatic heterocycles. The van der Waals surface area contributed by atoms with Crippen LogP contribution in [0, 0.1) is 0 Å². The van der Waals surface area contributed by atoms with Crippen LogP contribution < -0.4 is 10.6 Å². The van der Waals surface area contributed by atoms with Crippen molar-refractivity contribution in [1.82, 2.24) is 15.6 Å². The van der Waals surface area contributed by atoms with Crippen molar-refractivity contribution in [2.75, 3.05) is 6.61 Å². The first-order valence-corrected chi connectivity index (χ1v) is 7.29. The Kier molecular flexibility index (Phi) is 6.16. The minimum absolute atomic E-state index is 0.0273. The molecule has 3 amide bonds. The highest BCUT2D eigenvalue weighted by Crippen LogP contribution is 2.19. The minimum Gasteiger partial charge on any atom is -0.467 e. The lowest BCUT2D eigenvalue weighted by atomic mass is 10.3. The molecule has 10 heteroatoms. The third kappa shape index (κ3) is 5.25. The zero-order valence-corrected chi connectivity index (χ0v) is 13.6. The van der Waals surface area contributed by atoms with Crippen molar-refractivity contribution >= 4 is 41.1 Å². The molecule has 2 heterocycles. The van der Waals surface area contributed by atoms with Crippen LogP contribution in [0.2, 0.25) is 10.2 Å². The molecule has 0 radical (unpaired) electrons. The number of hydrogen-bond acceptors (Lipinski definition) is 6. The molecule has 126 valence electrons. The number of nitrogens with zero attached hydrogens (tertiary/aromatic N) is 1. The highest BCUT2D eigenvalue weighted by molar-refractivity contribution is 6.41. The molecule has 0 saturated carbocycles. The van der Waals surface area contributed by atoms with Gasteiger partial charge in [-0.05, 0) is 18.2 Å². The Balaban J connectivity index is 1.74. The van der Waals surface area contributed by atoms with Crippen LogP contribution >= 0.6 is 23.2 Å². The summed E-state index contributed by atoms with van der Waals surface area (Å²) in [5.41, 5.74) is 0.0273. The van der Waals surface area contributed by atoms with Gasteiger partial charge in [0.05, 0.1) is 23.4 Å². The summed E-state index contributed by atoms with van der Waals surface area (Å²) in [7, 11) is 0. The van der Waals surface area contributed by atoms with Crippen LogP contribution in [0.1, 0.15) is 16.1 Å². The van der Waals surface area contributed by atoms with Crippen LogP contribution in [0.5, 0.6) is 0 Å². The minimum atomic E-state index is -0.827. The number of amides is 3. The van der Waals surface area contributed by atoms with Crippen LogP contribution in [0.4, 0.5) is 4.79 Å². The Bertz CT molecular complexity index is 749. The van der Waals surface area contributed by atoms with Gasteiger partial charge in [-0.25, -0.2) is 14.6 Å². The number of carbonyl (C=O) groups is 3. The van der Waals surface area contributed by atoms with Gasteiger partial charge in [-0.15, -0.1) is 0 Å². The summed E-state index contributed by atoms with van der Waals surface area (Å²) in [6.45, 7) is -0.534. The molecule has 0 bridgehead atoms. The lowest BCUT2D eigenvalue weighted by Crippen LogP contribution is -2.41. The lowest BCUT2D eigenvalue weighted by Gasteiger charge is -2.07. The van der Waals surface area contributed by atoms with Gasteiger partial charge in [0.2, 0.25) is 0 Å². The van der Waals surface area contributed by atoms with E-state index in [0.717, 1.165) is 6.20 Å². The maximum absolute atomic E-state index is 11.7. The Morgan fingerprint density at radius 2 is 2.08 bits per heavy atom. The van der Waals surface area contributed by atoms with Crippen LogP contribution in [0.3, 0.4) is 0 Å². The summed E-state index contributed by atoms with van der Waals surface area (Å²) >= 11 is 11.4. The predicted octanol–water partition coefficient (Wildman–Crippen LogP) is 2.16. The summed E-state index contributed by atoms with van der Waals surface area (Å²) in [5, 5.41) is 4.52. The second-order valence-corrected chi connectivity index (χ2v) is 5.15. The molecule has 2 aromatic rings. The summed E-state index contributed by atoms with van der Waals surface area (Å²) in [5.74, 6) is -1.10. The standard InChI is InChI=1S/C14H11Cl2N3O5/c15-10-4-8(5-17-12(10)16)13(21)24-7-11(20)19-14(22)18-6-9-2-1-3-23-9/h1-5H,6-7H2,(H2,18,19,20,22). The number of nitrogens with one attached hydrogen (secondary N) is 2. The number of pyridine rings is 1. The highest BCUT2D eigenvalue weighted by Gasteiger charge is 2.14. The van der Waals surface area contributed by atoms with E-state index in [-0.39, 0.29) is 22.3 Å². The first kappa shape index (κ1) is 17.8. The van der Waals surface area contributed by atoms with Crippen molar-refractivity contribution in [2.45, 2.75) is 6.54 Å². The van der Waals surface area contributed by atoms with Gasteiger partial charge in [0.25, 0.3) is 5.91 Å². The first-order valence-electron chi connectivity index (χ1n) is 6.54. The molecule has 0 unspecified atom stereocenters. The van der Waals surface area contributed by atoms with Crippen molar-refractivity contribution in [3.63, 3.8) is 0 Å². The molecule has 0 aliphatic carbocycles. The monoisotopic (exact) mass is 371 g/mol. The Hall–Kier alpha value is -2.58. The predicted molar refractivity (Wildman–Crippen MR) is 83.6 cm³/mol. The topological polar surface area (TPSA) is 111 Å². The van der Waals surface area contributed by atoms with E-state index in [9.17, 15) is 14.4 Å². The van der Waals surface area contributed by atoms with Gasteiger partial charge in [-0.3, -0.25) is 10.1 Å². The van der Waals surface area contributed by atoms with Crippen molar-refractivity contribution in [2.24, 2.45) is 0 Å². The largest absolute Gasteiger partial charge is 0.467 e. The van der Waals surface area contributed by atoms with Crippen molar-refractivity contribution in [3.8, 4) is 0 Å². The van der Waals surface area contributed by atoms with Crippen molar-refractivity contribution in [1.29, 1.82) is 0 Å². The molecule has 0 aliphatic heterocycles. The van der Waals surface area contributed by atoms with E-state index in [1.54, 1.807) is 12.1 Å². The zero-order valence-electron chi connectivity index (χ0n) is 12.0. The number of furan rings is 1. The molecule has 0 aromatic carbocycles. The maximum atomic E-state index is 11.7. The van der Waals surface area contributed by atoms with Crippen molar-refractivity contribution < 1.29 is 23.5 Å². The molecule has 0 fully saturated rings. The van der Waals surface area contributed by atoms with Crippen LogP contribution in [0.15, 0.2) is 35.1 Å². The van der Waals surface area contributed by atoms with E-state index in [2.05, 4.69) is 10.3 Å². The van der Waals surface area contributed by atoms with Crippen LogP contribution in [-0.4, -0.2) is 29.5 Å².